The first-order chi connectivity index (χ1) is 8.74. The van der Waals surface area contributed by atoms with Gasteiger partial charge >= 0.3 is 0 Å². The minimum absolute atomic E-state index is 0.111. The van der Waals surface area contributed by atoms with Gasteiger partial charge in [0.15, 0.2) is 0 Å². The standard InChI is InChI=1S/C14H34N4/c1-5-8-16-11-14(15-4,12-17-9-6-2)13-18-10-7-3/h15-18H,5-13H2,1-4H3. The molecule has 0 bridgehead atoms. The lowest BCUT2D eigenvalue weighted by atomic mass is 9.99. The molecule has 0 aliphatic heterocycles. The van der Waals surface area contributed by atoms with Crippen LogP contribution in [0.1, 0.15) is 40.0 Å². The quantitative estimate of drug-likeness (QED) is 0.372. The van der Waals surface area contributed by atoms with E-state index in [1.807, 2.05) is 0 Å². The number of nitrogens with one attached hydrogen (secondary N) is 4. The van der Waals surface area contributed by atoms with E-state index in [-0.39, 0.29) is 5.54 Å². The van der Waals surface area contributed by atoms with Crippen molar-refractivity contribution in [3.63, 3.8) is 0 Å². The number of rotatable bonds is 13. The van der Waals surface area contributed by atoms with Crippen molar-refractivity contribution in [3.05, 3.63) is 0 Å². The summed E-state index contributed by atoms with van der Waals surface area (Å²) < 4.78 is 0. The third-order valence-corrected chi connectivity index (χ3v) is 3.20. The average molecular weight is 258 g/mol. The Morgan fingerprint density at radius 3 is 1.22 bits per heavy atom. The Labute approximate surface area is 114 Å². The normalized spacial score (nSPS) is 12.0. The second-order valence-corrected chi connectivity index (χ2v) is 5.06. The third kappa shape index (κ3) is 8.03. The van der Waals surface area contributed by atoms with Crippen LogP contribution in [-0.2, 0) is 0 Å². The van der Waals surface area contributed by atoms with Crippen molar-refractivity contribution in [1.29, 1.82) is 0 Å². The Morgan fingerprint density at radius 2 is 1.00 bits per heavy atom. The van der Waals surface area contributed by atoms with E-state index < -0.39 is 0 Å². The Bertz CT molecular complexity index is 147. The van der Waals surface area contributed by atoms with Crippen LogP contribution in [-0.4, -0.2) is 51.9 Å². The molecule has 0 heterocycles. The van der Waals surface area contributed by atoms with Gasteiger partial charge in [0, 0.05) is 19.6 Å². The minimum atomic E-state index is 0.111. The van der Waals surface area contributed by atoms with Crippen LogP contribution in [0.3, 0.4) is 0 Å². The van der Waals surface area contributed by atoms with E-state index in [1.165, 1.54) is 19.3 Å². The lowest BCUT2D eigenvalue weighted by Gasteiger charge is -2.35. The van der Waals surface area contributed by atoms with E-state index in [1.54, 1.807) is 0 Å². The zero-order valence-electron chi connectivity index (χ0n) is 12.9. The summed E-state index contributed by atoms with van der Waals surface area (Å²) in [5.74, 6) is 0. The van der Waals surface area contributed by atoms with Crippen LogP contribution in [0.2, 0.25) is 0 Å². The van der Waals surface area contributed by atoms with Crippen molar-refractivity contribution < 1.29 is 0 Å². The Hall–Kier alpha value is -0.160. The summed E-state index contributed by atoms with van der Waals surface area (Å²) in [7, 11) is 2.06. The van der Waals surface area contributed by atoms with Gasteiger partial charge in [-0.25, -0.2) is 0 Å². The molecule has 0 aromatic heterocycles. The molecule has 4 N–H and O–H groups in total. The second-order valence-electron chi connectivity index (χ2n) is 5.06. The first-order valence-electron chi connectivity index (χ1n) is 7.55. The van der Waals surface area contributed by atoms with E-state index in [4.69, 9.17) is 0 Å². The van der Waals surface area contributed by atoms with E-state index in [2.05, 4.69) is 49.1 Å². The van der Waals surface area contributed by atoms with Gasteiger partial charge in [-0.1, -0.05) is 20.8 Å². The number of hydrogen-bond donors (Lipinski definition) is 4. The molecular weight excluding hydrogens is 224 g/mol. The predicted molar refractivity (Wildman–Crippen MR) is 81.3 cm³/mol. The molecule has 0 unspecified atom stereocenters. The summed E-state index contributed by atoms with van der Waals surface area (Å²) in [6, 6.07) is 0. The zero-order chi connectivity index (χ0) is 13.7. The van der Waals surface area contributed by atoms with E-state index in [9.17, 15) is 0 Å². The van der Waals surface area contributed by atoms with Crippen molar-refractivity contribution in [2.24, 2.45) is 0 Å². The monoisotopic (exact) mass is 258 g/mol. The van der Waals surface area contributed by atoms with Crippen LogP contribution in [0.4, 0.5) is 0 Å². The summed E-state index contributed by atoms with van der Waals surface area (Å²) >= 11 is 0. The first kappa shape index (κ1) is 17.8. The molecule has 0 rings (SSSR count). The van der Waals surface area contributed by atoms with Crippen LogP contribution in [0.25, 0.3) is 0 Å². The molecule has 0 aliphatic carbocycles. The molecule has 0 saturated carbocycles. The van der Waals surface area contributed by atoms with Gasteiger partial charge in [-0.3, -0.25) is 0 Å². The van der Waals surface area contributed by atoms with Gasteiger partial charge in [0.1, 0.15) is 0 Å². The van der Waals surface area contributed by atoms with E-state index >= 15 is 0 Å². The summed E-state index contributed by atoms with van der Waals surface area (Å²) in [6.07, 6.45) is 3.56. The molecule has 0 fully saturated rings. The Balaban J connectivity index is 4.20. The van der Waals surface area contributed by atoms with Crippen molar-refractivity contribution in [3.8, 4) is 0 Å². The van der Waals surface area contributed by atoms with Crippen molar-refractivity contribution in [1.82, 2.24) is 21.3 Å². The Morgan fingerprint density at radius 1 is 0.667 bits per heavy atom. The molecule has 0 amide bonds. The van der Waals surface area contributed by atoms with Gasteiger partial charge < -0.3 is 21.3 Å². The summed E-state index contributed by atoms with van der Waals surface area (Å²) in [6.45, 7) is 12.9. The van der Waals surface area contributed by atoms with Gasteiger partial charge in [0.25, 0.3) is 0 Å². The van der Waals surface area contributed by atoms with Crippen LogP contribution in [0.5, 0.6) is 0 Å². The van der Waals surface area contributed by atoms with Crippen LogP contribution < -0.4 is 21.3 Å². The van der Waals surface area contributed by atoms with Gasteiger partial charge in [-0.15, -0.1) is 0 Å². The van der Waals surface area contributed by atoms with Gasteiger partial charge in [-0.2, -0.15) is 0 Å². The summed E-state index contributed by atoms with van der Waals surface area (Å²) in [4.78, 5) is 0. The fraction of sp³-hybridized carbons (Fsp3) is 1.00. The second kappa shape index (κ2) is 11.9. The van der Waals surface area contributed by atoms with Crippen LogP contribution >= 0.6 is 0 Å². The molecule has 110 valence electrons. The smallest absolute Gasteiger partial charge is 0.0556 e. The highest BCUT2D eigenvalue weighted by atomic mass is 15.1. The summed E-state index contributed by atoms with van der Waals surface area (Å²) in [5.41, 5.74) is 0.111. The maximum atomic E-state index is 3.54. The zero-order valence-corrected chi connectivity index (χ0v) is 12.9. The van der Waals surface area contributed by atoms with Crippen LogP contribution in [0, 0.1) is 0 Å². The number of hydrogen-bond acceptors (Lipinski definition) is 4. The van der Waals surface area contributed by atoms with E-state index in [0.717, 1.165) is 39.3 Å². The molecule has 0 saturated heterocycles. The molecule has 0 aromatic carbocycles. The Kier molecular flexibility index (Phi) is 11.8. The fourth-order valence-electron chi connectivity index (χ4n) is 1.97. The predicted octanol–water partition coefficient (Wildman–Crippen LogP) is 0.943. The van der Waals surface area contributed by atoms with Gasteiger partial charge in [0.2, 0.25) is 0 Å². The highest BCUT2D eigenvalue weighted by molar-refractivity contribution is 4.93. The maximum absolute atomic E-state index is 3.54. The van der Waals surface area contributed by atoms with Crippen molar-refractivity contribution in [2.75, 3.05) is 46.3 Å². The average Bonchev–Trinajstić information content (AvgIpc) is 2.39. The molecular formula is C14H34N4. The number of likely N-dealkylation sites (N-methyl/N-ethyl adjacent to an activating group) is 1. The SMILES string of the molecule is CCCNCC(CNCCC)(CNCCC)NC. The molecule has 4 heteroatoms. The molecule has 0 radical (unpaired) electrons. The van der Waals surface area contributed by atoms with Gasteiger partial charge in [-0.05, 0) is 45.9 Å². The first-order valence-corrected chi connectivity index (χ1v) is 7.55. The molecule has 0 spiro atoms. The molecule has 0 aromatic rings. The highest BCUT2D eigenvalue weighted by Gasteiger charge is 2.26. The molecule has 0 atom stereocenters. The van der Waals surface area contributed by atoms with Crippen molar-refractivity contribution in [2.45, 2.75) is 45.6 Å². The van der Waals surface area contributed by atoms with Crippen molar-refractivity contribution >= 4 is 0 Å². The van der Waals surface area contributed by atoms with Crippen LogP contribution in [0.15, 0.2) is 0 Å². The fourth-order valence-corrected chi connectivity index (χ4v) is 1.97. The summed E-state index contributed by atoms with van der Waals surface area (Å²) in [5, 5.41) is 14.1. The topological polar surface area (TPSA) is 48.1 Å². The largest absolute Gasteiger partial charge is 0.315 e. The highest BCUT2D eigenvalue weighted by Crippen LogP contribution is 2.01. The molecule has 18 heavy (non-hydrogen) atoms. The lowest BCUT2D eigenvalue weighted by molar-refractivity contribution is 0.299. The van der Waals surface area contributed by atoms with E-state index in [0.29, 0.717) is 0 Å². The molecule has 0 aliphatic rings. The van der Waals surface area contributed by atoms with Gasteiger partial charge in [0.05, 0.1) is 5.54 Å². The molecule has 4 nitrogen and oxygen atoms in total. The lowest BCUT2D eigenvalue weighted by Crippen LogP contribution is -2.62. The minimum Gasteiger partial charge on any atom is -0.315 e. The maximum Gasteiger partial charge on any atom is 0.0556 e. The third-order valence-electron chi connectivity index (χ3n) is 3.20.